The summed E-state index contributed by atoms with van der Waals surface area (Å²) < 4.78 is 49.6. The highest BCUT2D eigenvalue weighted by atomic mass is 32.2. The molecule has 13 heteroatoms. The Morgan fingerprint density at radius 3 is 2.07 bits per heavy atom. The number of ether oxygens (including phenoxy) is 4. The molecule has 0 spiro atoms. The van der Waals surface area contributed by atoms with Crippen LogP contribution >= 0.6 is 0 Å². The van der Waals surface area contributed by atoms with Gasteiger partial charge in [-0.2, -0.15) is 5.10 Å². The zero-order valence-corrected chi connectivity index (χ0v) is 26.5. The number of carbonyl (C=O) groups excluding carboxylic acids is 2. The lowest BCUT2D eigenvalue weighted by Crippen LogP contribution is -2.39. The molecule has 0 atom stereocenters. The van der Waals surface area contributed by atoms with Crippen molar-refractivity contribution in [2.24, 2.45) is 5.10 Å². The third kappa shape index (κ3) is 8.76. The zero-order chi connectivity index (χ0) is 33.1. The van der Waals surface area contributed by atoms with Crippen LogP contribution < -0.4 is 34.0 Å². The number of amides is 2. The van der Waals surface area contributed by atoms with E-state index in [1.165, 1.54) is 38.6 Å². The fourth-order valence-corrected chi connectivity index (χ4v) is 5.58. The Morgan fingerprint density at radius 2 is 1.43 bits per heavy atom. The van der Waals surface area contributed by atoms with Gasteiger partial charge in [0.25, 0.3) is 21.8 Å². The number of hydrogen-bond donors (Lipinski definition) is 2. The maximum atomic E-state index is 13.7. The Balaban J connectivity index is 1.37. The number of anilines is 2. The second-order valence-electron chi connectivity index (χ2n) is 9.79. The van der Waals surface area contributed by atoms with Crippen LogP contribution in [0.3, 0.4) is 0 Å². The van der Waals surface area contributed by atoms with Gasteiger partial charge in [0.2, 0.25) is 0 Å². The number of aryl methyl sites for hydroxylation is 1. The van der Waals surface area contributed by atoms with Crippen molar-refractivity contribution in [3.05, 3.63) is 102 Å². The van der Waals surface area contributed by atoms with E-state index in [-0.39, 0.29) is 23.2 Å². The molecule has 4 rings (SSSR count). The molecule has 0 bridgehead atoms. The number of nitrogens with one attached hydrogen (secondary N) is 2. The van der Waals surface area contributed by atoms with Crippen molar-refractivity contribution in [1.82, 2.24) is 5.43 Å². The number of hydrogen-bond acceptors (Lipinski definition) is 9. The molecule has 0 fully saturated rings. The Kier molecular flexibility index (Phi) is 11.2. The summed E-state index contributed by atoms with van der Waals surface area (Å²) in [6.45, 7) is 1.14. The summed E-state index contributed by atoms with van der Waals surface area (Å²) in [5, 5.41) is 6.71. The smallest absolute Gasteiger partial charge is 0.264 e. The highest BCUT2D eigenvalue weighted by Gasteiger charge is 2.28. The van der Waals surface area contributed by atoms with Crippen LogP contribution in [0.25, 0.3) is 0 Å². The summed E-state index contributed by atoms with van der Waals surface area (Å²) in [6.07, 6.45) is 1.40. The van der Waals surface area contributed by atoms with Gasteiger partial charge >= 0.3 is 0 Å². The van der Waals surface area contributed by atoms with Crippen LogP contribution in [0.15, 0.2) is 101 Å². The highest BCUT2D eigenvalue weighted by Crippen LogP contribution is 2.32. The predicted octanol–water partition coefficient (Wildman–Crippen LogP) is 4.38. The standard InChI is InChI=1S/C33H34N4O8S/c1-23-5-11-26(12-6-23)37(46(40,41)29-17-18-30(43-3)31(19-29)44-4)21-32(38)36-34-20-24-7-13-28(14-8-24)45-22-33(39)35-25-9-15-27(42-2)16-10-25/h5-20H,21-22H2,1-4H3,(H,35,39)(H,36,38)/b34-20-. The first kappa shape index (κ1) is 33.3. The van der Waals surface area contributed by atoms with Crippen molar-refractivity contribution in [3.8, 4) is 23.0 Å². The van der Waals surface area contributed by atoms with Crippen LogP contribution in [-0.2, 0) is 19.6 Å². The van der Waals surface area contributed by atoms with Gasteiger partial charge in [-0.1, -0.05) is 17.7 Å². The molecular weight excluding hydrogens is 612 g/mol. The van der Waals surface area contributed by atoms with Crippen LogP contribution in [0.1, 0.15) is 11.1 Å². The van der Waals surface area contributed by atoms with Gasteiger partial charge in [-0.05, 0) is 85.3 Å². The first-order valence-electron chi connectivity index (χ1n) is 13.9. The predicted molar refractivity (Wildman–Crippen MR) is 175 cm³/mol. The van der Waals surface area contributed by atoms with E-state index < -0.39 is 22.5 Å². The molecule has 4 aromatic rings. The van der Waals surface area contributed by atoms with E-state index >= 15 is 0 Å². The molecule has 0 aliphatic carbocycles. The van der Waals surface area contributed by atoms with Gasteiger partial charge in [-0.3, -0.25) is 13.9 Å². The topological polar surface area (TPSA) is 145 Å². The summed E-state index contributed by atoms with van der Waals surface area (Å²) in [7, 11) is 0.220. The summed E-state index contributed by atoms with van der Waals surface area (Å²) in [4.78, 5) is 25.0. The van der Waals surface area contributed by atoms with Gasteiger partial charge in [0, 0.05) is 11.8 Å². The first-order valence-corrected chi connectivity index (χ1v) is 15.4. The average molecular weight is 647 g/mol. The molecule has 0 heterocycles. The first-order chi connectivity index (χ1) is 22.1. The molecule has 0 aromatic heterocycles. The largest absolute Gasteiger partial charge is 0.497 e. The summed E-state index contributed by atoms with van der Waals surface area (Å²) >= 11 is 0. The summed E-state index contributed by atoms with van der Waals surface area (Å²) in [5.41, 5.74) is 4.85. The van der Waals surface area contributed by atoms with E-state index in [4.69, 9.17) is 18.9 Å². The SMILES string of the molecule is COc1ccc(NC(=O)COc2ccc(/C=N\NC(=O)CN(c3ccc(C)cc3)S(=O)(=O)c3ccc(OC)c(OC)c3)cc2)cc1. The number of sulfonamides is 1. The Hall–Kier alpha value is -5.56. The minimum atomic E-state index is -4.20. The second kappa shape index (κ2) is 15.4. The van der Waals surface area contributed by atoms with Crippen molar-refractivity contribution >= 4 is 39.4 Å². The number of methoxy groups -OCH3 is 3. The van der Waals surface area contributed by atoms with E-state index in [0.717, 1.165) is 9.87 Å². The summed E-state index contributed by atoms with van der Waals surface area (Å²) in [5.74, 6) is 0.746. The number of carbonyl (C=O) groups is 2. The van der Waals surface area contributed by atoms with Gasteiger partial charge in [0.05, 0.1) is 38.1 Å². The fraction of sp³-hybridized carbons (Fsp3) is 0.182. The molecule has 46 heavy (non-hydrogen) atoms. The molecule has 0 saturated carbocycles. The Morgan fingerprint density at radius 1 is 0.783 bits per heavy atom. The molecule has 2 N–H and O–H groups in total. The van der Waals surface area contributed by atoms with Crippen molar-refractivity contribution in [1.29, 1.82) is 0 Å². The number of hydrazone groups is 1. The van der Waals surface area contributed by atoms with Crippen LogP contribution in [0.5, 0.6) is 23.0 Å². The monoisotopic (exact) mass is 646 g/mol. The second-order valence-corrected chi connectivity index (χ2v) is 11.7. The van der Waals surface area contributed by atoms with Gasteiger partial charge in [-0.25, -0.2) is 13.8 Å². The van der Waals surface area contributed by atoms with Gasteiger partial charge in [-0.15, -0.1) is 0 Å². The molecule has 0 unspecified atom stereocenters. The third-order valence-electron chi connectivity index (χ3n) is 6.58. The molecule has 0 aliphatic rings. The maximum Gasteiger partial charge on any atom is 0.264 e. The quantitative estimate of drug-likeness (QED) is 0.152. The normalized spacial score (nSPS) is 11.0. The number of benzene rings is 4. The van der Waals surface area contributed by atoms with Gasteiger partial charge in [0.1, 0.15) is 18.0 Å². The third-order valence-corrected chi connectivity index (χ3v) is 8.35. The van der Waals surface area contributed by atoms with Crippen LogP contribution in [0.2, 0.25) is 0 Å². The van der Waals surface area contributed by atoms with E-state index in [2.05, 4.69) is 15.8 Å². The molecule has 0 aliphatic heterocycles. The van der Waals surface area contributed by atoms with Crippen molar-refractivity contribution in [3.63, 3.8) is 0 Å². The highest BCUT2D eigenvalue weighted by molar-refractivity contribution is 7.92. The fourth-order valence-electron chi connectivity index (χ4n) is 4.15. The van der Waals surface area contributed by atoms with Gasteiger partial charge in [0.15, 0.2) is 18.1 Å². The molecule has 0 saturated heterocycles. The molecule has 12 nitrogen and oxygen atoms in total. The Labute approximate surface area is 267 Å². The average Bonchev–Trinajstić information content (AvgIpc) is 3.07. The minimum Gasteiger partial charge on any atom is -0.497 e. The molecule has 240 valence electrons. The van der Waals surface area contributed by atoms with Crippen LogP contribution in [0, 0.1) is 6.92 Å². The zero-order valence-electron chi connectivity index (χ0n) is 25.7. The van der Waals surface area contributed by atoms with E-state index in [1.54, 1.807) is 79.9 Å². The lowest BCUT2D eigenvalue weighted by Gasteiger charge is -2.24. The molecule has 2 amide bonds. The van der Waals surface area contributed by atoms with E-state index in [9.17, 15) is 18.0 Å². The maximum absolute atomic E-state index is 13.7. The van der Waals surface area contributed by atoms with E-state index in [1.807, 2.05) is 6.92 Å². The van der Waals surface area contributed by atoms with Crippen LogP contribution in [-0.4, -0.2) is 60.9 Å². The number of nitrogens with zero attached hydrogens (tertiary/aromatic N) is 2. The molecule has 0 radical (unpaired) electrons. The Bertz CT molecular complexity index is 1780. The lowest BCUT2D eigenvalue weighted by molar-refractivity contribution is -0.119. The van der Waals surface area contributed by atoms with Crippen molar-refractivity contribution < 1.29 is 37.0 Å². The minimum absolute atomic E-state index is 0.0810. The van der Waals surface area contributed by atoms with Gasteiger partial charge < -0.3 is 24.3 Å². The van der Waals surface area contributed by atoms with E-state index in [0.29, 0.717) is 34.2 Å². The van der Waals surface area contributed by atoms with Crippen molar-refractivity contribution in [2.45, 2.75) is 11.8 Å². The lowest BCUT2D eigenvalue weighted by atomic mass is 10.2. The van der Waals surface area contributed by atoms with Crippen molar-refractivity contribution in [2.75, 3.05) is 44.1 Å². The number of rotatable bonds is 14. The summed E-state index contributed by atoms with van der Waals surface area (Å²) in [6, 6.07) is 24.6. The molecule has 4 aromatic carbocycles. The molecular formula is C33H34N4O8S. The van der Waals surface area contributed by atoms with Crippen LogP contribution in [0.4, 0.5) is 11.4 Å².